The standard InChI is InChI=1S/C15H19NO5/c17-12-8-4-7-11(13(18)14(12)19)16-15(20)21-9-10-5-2-1-3-6-10/h1-3,5-6,11,13-14,18-19H,4,7-9H2,(H,16,20)/t11-,13+,14-/m0/s1. The van der Waals surface area contributed by atoms with E-state index < -0.39 is 30.1 Å². The van der Waals surface area contributed by atoms with Crippen molar-refractivity contribution in [3.05, 3.63) is 35.9 Å². The van der Waals surface area contributed by atoms with Crippen LogP contribution in [0.25, 0.3) is 0 Å². The van der Waals surface area contributed by atoms with Crippen molar-refractivity contribution >= 4 is 11.9 Å². The molecule has 1 amide bonds. The zero-order valence-electron chi connectivity index (χ0n) is 11.6. The molecule has 0 radical (unpaired) electrons. The van der Waals surface area contributed by atoms with Crippen molar-refractivity contribution in [2.45, 2.75) is 44.1 Å². The van der Waals surface area contributed by atoms with Crippen molar-refractivity contribution in [2.75, 3.05) is 0 Å². The fraction of sp³-hybridized carbons (Fsp3) is 0.467. The van der Waals surface area contributed by atoms with Gasteiger partial charge >= 0.3 is 6.09 Å². The van der Waals surface area contributed by atoms with Crippen LogP contribution in [-0.2, 0) is 16.1 Å². The maximum Gasteiger partial charge on any atom is 0.407 e. The molecule has 0 aromatic heterocycles. The van der Waals surface area contributed by atoms with Crippen molar-refractivity contribution in [2.24, 2.45) is 0 Å². The summed E-state index contributed by atoms with van der Waals surface area (Å²) in [6.45, 7) is 0.122. The van der Waals surface area contributed by atoms with Crippen molar-refractivity contribution in [1.29, 1.82) is 0 Å². The second-order valence-corrected chi connectivity index (χ2v) is 5.11. The SMILES string of the molecule is O=C(N[C@H]1CCCC(=O)[C@H](O)[C@@H]1O)OCc1ccccc1. The second-order valence-electron chi connectivity index (χ2n) is 5.11. The van der Waals surface area contributed by atoms with Gasteiger partial charge in [-0.3, -0.25) is 4.79 Å². The van der Waals surface area contributed by atoms with Crippen molar-refractivity contribution in [3.8, 4) is 0 Å². The number of carbonyl (C=O) groups excluding carboxylic acids is 2. The third-order valence-electron chi connectivity index (χ3n) is 3.52. The molecular formula is C15H19NO5. The van der Waals surface area contributed by atoms with Gasteiger partial charge in [-0.25, -0.2) is 4.79 Å². The van der Waals surface area contributed by atoms with Gasteiger partial charge in [0.25, 0.3) is 0 Å². The number of hydrogen-bond acceptors (Lipinski definition) is 5. The quantitative estimate of drug-likeness (QED) is 0.715. The Bertz CT molecular complexity index is 490. The fourth-order valence-corrected chi connectivity index (χ4v) is 2.30. The number of ketones is 1. The van der Waals surface area contributed by atoms with Crippen LogP contribution >= 0.6 is 0 Å². The van der Waals surface area contributed by atoms with Crippen LogP contribution in [0.4, 0.5) is 4.79 Å². The highest BCUT2D eigenvalue weighted by atomic mass is 16.5. The van der Waals surface area contributed by atoms with Gasteiger partial charge in [0, 0.05) is 6.42 Å². The average Bonchev–Trinajstić information content (AvgIpc) is 2.61. The first-order valence-electron chi connectivity index (χ1n) is 6.94. The van der Waals surface area contributed by atoms with Gasteiger partial charge < -0.3 is 20.3 Å². The number of carbonyl (C=O) groups is 2. The third kappa shape index (κ3) is 4.27. The molecule has 0 spiro atoms. The molecule has 1 saturated carbocycles. The van der Waals surface area contributed by atoms with Crippen LogP contribution in [0.3, 0.4) is 0 Å². The van der Waals surface area contributed by atoms with E-state index in [2.05, 4.69) is 5.32 Å². The molecule has 2 rings (SSSR count). The largest absolute Gasteiger partial charge is 0.445 e. The lowest BCUT2D eigenvalue weighted by atomic mass is 10.0. The number of benzene rings is 1. The first-order valence-corrected chi connectivity index (χ1v) is 6.94. The van der Waals surface area contributed by atoms with Gasteiger partial charge in [-0.15, -0.1) is 0 Å². The highest BCUT2D eigenvalue weighted by Crippen LogP contribution is 2.16. The van der Waals surface area contributed by atoms with Crippen LogP contribution in [-0.4, -0.2) is 40.3 Å². The van der Waals surface area contributed by atoms with E-state index in [0.29, 0.717) is 12.8 Å². The summed E-state index contributed by atoms with van der Waals surface area (Å²) in [5.74, 6) is -0.399. The van der Waals surface area contributed by atoms with Crippen LogP contribution in [0.5, 0.6) is 0 Å². The molecule has 0 aliphatic heterocycles. The minimum atomic E-state index is -1.45. The molecule has 0 bridgehead atoms. The fourth-order valence-electron chi connectivity index (χ4n) is 2.30. The first-order chi connectivity index (χ1) is 10.1. The Morgan fingerprint density at radius 1 is 1.29 bits per heavy atom. The van der Waals surface area contributed by atoms with Crippen LogP contribution < -0.4 is 5.32 Å². The van der Waals surface area contributed by atoms with Gasteiger partial charge in [-0.1, -0.05) is 30.3 Å². The highest BCUT2D eigenvalue weighted by Gasteiger charge is 2.34. The summed E-state index contributed by atoms with van der Waals surface area (Å²) in [7, 11) is 0. The number of nitrogens with one attached hydrogen (secondary N) is 1. The lowest BCUT2D eigenvalue weighted by Gasteiger charge is -2.23. The monoisotopic (exact) mass is 293 g/mol. The Balaban J connectivity index is 1.85. The maximum atomic E-state index is 11.7. The van der Waals surface area contributed by atoms with Crippen LogP contribution in [0.1, 0.15) is 24.8 Å². The summed E-state index contributed by atoms with van der Waals surface area (Å²) in [5.41, 5.74) is 0.851. The third-order valence-corrected chi connectivity index (χ3v) is 3.52. The molecule has 21 heavy (non-hydrogen) atoms. The topological polar surface area (TPSA) is 95.9 Å². The molecule has 0 heterocycles. The second kappa shape index (κ2) is 7.19. The lowest BCUT2D eigenvalue weighted by Crippen LogP contribution is -2.49. The van der Waals surface area contributed by atoms with Crippen molar-refractivity contribution < 1.29 is 24.5 Å². The Kier molecular flexibility index (Phi) is 5.30. The molecular weight excluding hydrogens is 274 g/mol. The molecule has 3 atom stereocenters. The summed E-state index contributed by atoms with van der Waals surface area (Å²) in [6, 6.07) is 8.52. The minimum absolute atomic E-state index is 0.122. The number of ether oxygens (including phenoxy) is 1. The van der Waals surface area contributed by atoms with E-state index in [4.69, 9.17) is 4.74 Å². The Labute approximate surface area is 122 Å². The van der Waals surface area contributed by atoms with Crippen LogP contribution in [0.15, 0.2) is 30.3 Å². The minimum Gasteiger partial charge on any atom is -0.445 e. The molecule has 114 valence electrons. The first kappa shape index (κ1) is 15.5. The van der Waals surface area contributed by atoms with Gasteiger partial charge in [0.2, 0.25) is 0 Å². The predicted molar refractivity (Wildman–Crippen MR) is 74.4 cm³/mol. The number of Topliss-reactive ketones (excluding diaryl/α,β-unsaturated/α-hetero) is 1. The molecule has 1 aromatic carbocycles. The zero-order valence-corrected chi connectivity index (χ0v) is 11.6. The Hall–Kier alpha value is -1.92. The number of rotatable bonds is 3. The normalized spacial score (nSPS) is 26.0. The molecule has 0 saturated heterocycles. The average molecular weight is 293 g/mol. The Morgan fingerprint density at radius 3 is 2.71 bits per heavy atom. The number of hydrogen-bond donors (Lipinski definition) is 3. The summed E-state index contributed by atoms with van der Waals surface area (Å²) in [6.07, 6.45) is -2.29. The molecule has 1 aromatic rings. The zero-order chi connectivity index (χ0) is 15.2. The van der Waals surface area contributed by atoms with E-state index in [1.807, 2.05) is 30.3 Å². The molecule has 1 aliphatic rings. The van der Waals surface area contributed by atoms with Crippen molar-refractivity contribution in [1.82, 2.24) is 5.32 Å². The van der Waals surface area contributed by atoms with Gasteiger partial charge in [0.1, 0.15) is 18.8 Å². The van der Waals surface area contributed by atoms with Gasteiger partial charge in [-0.05, 0) is 18.4 Å². The molecule has 0 unspecified atom stereocenters. The van der Waals surface area contributed by atoms with E-state index in [9.17, 15) is 19.8 Å². The molecule has 1 fully saturated rings. The molecule has 3 N–H and O–H groups in total. The summed E-state index contributed by atoms with van der Waals surface area (Å²) < 4.78 is 5.05. The van der Waals surface area contributed by atoms with E-state index in [-0.39, 0.29) is 13.0 Å². The lowest BCUT2D eigenvalue weighted by molar-refractivity contribution is -0.132. The van der Waals surface area contributed by atoms with Gasteiger partial charge in [0.05, 0.1) is 6.04 Å². The predicted octanol–water partition coefficient (Wildman–Crippen LogP) is 0.756. The summed E-state index contributed by atoms with van der Waals surface area (Å²) in [4.78, 5) is 23.1. The smallest absolute Gasteiger partial charge is 0.407 e. The van der Waals surface area contributed by atoms with Crippen LogP contribution in [0, 0.1) is 0 Å². The number of alkyl carbamates (subject to hydrolysis) is 1. The number of amides is 1. The van der Waals surface area contributed by atoms with Gasteiger partial charge in [0.15, 0.2) is 5.78 Å². The molecule has 1 aliphatic carbocycles. The van der Waals surface area contributed by atoms with E-state index >= 15 is 0 Å². The summed E-state index contributed by atoms with van der Waals surface area (Å²) >= 11 is 0. The van der Waals surface area contributed by atoms with E-state index in [0.717, 1.165) is 5.56 Å². The van der Waals surface area contributed by atoms with E-state index in [1.165, 1.54) is 0 Å². The van der Waals surface area contributed by atoms with Crippen molar-refractivity contribution in [3.63, 3.8) is 0 Å². The number of aliphatic hydroxyl groups is 2. The Morgan fingerprint density at radius 2 is 2.00 bits per heavy atom. The molecule has 6 heteroatoms. The highest BCUT2D eigenvalue weighted by molar-refractivity contribution is 5.84. The number of aliphatic hydroxyl groups excluding tert-OH is 2. The maximum absolute atomic E-state index is 11.7. The molecule has 6 nitrogen and oxygen atoms in total. The van der Waals surface area contributed by atoms with Crippen LogP contribution in [0.2, 0.25) is 0 Å². The van der Waals surface area contributed by atoms with Gasteiger partial charge in [-0.2, -0.15) is 0 Å². The summed E-state index contributed by atoms with van der Waals surface area (Å²) in [5, 5.41) is 22.0. The van der Waals surface area contributed by atoms with E-state index in [1.54, 1.807) is 0 Å².